The second-order valence-corrected chi connectivity index (χ2v) is 6.27. The number of rotatable bonds is 6. The van der Waals surface area contributed by atoms with Crippen LogP contribution in [0.1, 0.15) is 25.0 Å². The van der Waals surface area contributed by atoms with Crippen LogP contribution in [-0.4, -0.2) is 41.5 Å². The Morgan fingerprint density at radius 1 is 1.58 bits per heavy atom. The van der Waals surface area contributed by atoms with Gasteiger partial charge in [0, 0.05) is 12.6 Å². The first-order chi connectivity index (χ1) is 8.84. The second kappa shape index (κ2) is 4.82. The minimum Gasteiger partial charge on any atom is -0.481 e. The zero-order valence-corrected chi connectivity index (χ0v) is 11.2. The smallest absolute Gasteiger partial charge is 0.304 e. The predicted octanol–water partition coefficient (Wildman–Crippen LogP) is 0.193. The summed E-state index contributed by atoms with van der Waals surface area (Å²) in [6.07, 6.45) is 1.20. The van der Waals surface area contributed by atoms with Gasteiger partial charge in [-0.05, 0) is 19.8 Å². The quantitative estimate of drug-likeness (QED) is 0.765. The van der Waals surface area contributed by atoms with E-state index in [1.54, 1.807) is 0 Å². The molecule has 0 unspecified atom stereocenters. The lowest BCUT2D eigenvalue weighted by atomic mass is 10.4. The predicted molar refractivity (Wildman–Crippen MR) is 64.8 cm³/mol. The molecule has 1 aliphatic rings. The number of aromatic nitrogens is 1. The average Bonchev–Trinajstić information content (AvgIpc) is 3.04. The van der Waals surface area contributed by atoms with Crippen molar-refractivity contribution in [3.63, 3.8) is 0 Å². The lowest BCUT2D eigenvalue weighted by Crippen LogP contribution is -2.35. The van der Waals surface area contributed by atoms with E-state index in [0.29, 0.717) is 0 Å². The van der Waals surface area contributed by atoms with Gasteiger partial charge in [0.25, 0.3) is 10.0 Å². The first-order valence-electron chi connectivity index (χ1n) is 5.79. The topological polar surface area (TPSA) is 127 Å². The molecule has 0 radical (unpaired) electrons. The molecular weight excluding hydrogens is 274 g/mol. The summed E-state index contributed by atoms with van der Waals surface area (Å²) in [6, 6.07) is -0.155. The van der Waals surface area contributed by atoms with E-state index >= 15 is 0 Å². The van der Waals surface area contributed by atoms with E-state index in [0.717, 1.165) is 12.8 Å². The molecule has 0 atom stereocenters. The van der Waals surface area contributed by atoms with E-state index < -0.39 is 16.0 Å². The van der Waals surface area contributed by atoms with Crippen LogP contribution in [0, 0.1) is 6.92 Å². The van der Waals surface area contributed by atoms with Gasteiger partial charge < -0.3 is 15.4 Å². The minimum absolute atomic E-state index is 0.0770. The number of anilines is 1. The molecule has 1 saturated carbocycles. The third kappa shape index (κ3) is 2.71. The monoisotopic (exact) mass is 289 g/mol. The molecule has 8 nitrogen and oxygen atoms in total. The molecule has 1 aromatic rings. The Kier molecular flexibility index (Phi) is 3.50. The normalized spacial score (nSPS) is 15.9. The summed E-state index contributed by atoms with van der Waals surface area (Å²) in [5, 5.41) is 12.1. The number of aryl methyl sites for hydroxylation is 1. The summed E-state index contributed by atoms with van der Waals surface area (Å²) in [6.45, 7) is 1.38. The van der Waals surface area contributed by atoms with E-state index in [4.69, 9.17) is 15.4 Å². The zero-order chi connectivity index (χ0) is 14.2. The van der Waals surface area contributed by atoms with Gasteiger partial charge in [0.15, 0.2) is 16.5 Å². The maximum Gasteiger partial charge on any atom is 0.304 e. The Morgan fingerprint density at radius 3 is 2.63 bits per heavy atom. The molecule has 9 heteroatoms. The van der Waals surface area contributed by atoms with Gasteiger partial charge in [0.05, 0.1) is 6.42 Å². The van der Waals surface area contributed by atoms with E-state index in [2.05, 4.69) is 5.16 Å². The molecule has 0 aliphatic heterocycles. The number of carbonyl (C=O) groups is 1. The van der Waals surface area contributed by atoms with Gasteiger partial charge in [-0.2, -0.15) is 4.31 Å². The third-order valence-corrected chi connectivity index (χ3v) is 5.01. The number of nitrogens with zero attached hydrogens (tertiary/aromatic N) is 2. The van der Waals surface area contributed by atoms with E-state index in [-0.39, 0.29) is 35.5 Å². The van der Waals surface area contributed by atoms with Gasteiger partial charge >= 0.3 is 5.97 Å². The maximum absolute atomic E-state index is 12.5. The number of carboxylic acid groups (broad SMARTS) is 1. The lowest BCUT2D eigenvalue weighted by Gasteiger charge is -2.20. The Balaban J connectivity index is 2.32. The summed E-state index contributed by atoms with van der Waals surface area (Å²) < 4.78 is 30.9. The molecule has 106 valence electrons. The average molecular weight is 289 g/mol. The molecule has 0 amide bonds. The van der Waals surface area contributed by atoms with Crippen molar-refractivity contribution in [2.45, 2.75) is 37.1 Å². The first-order valence-corrected chi connectivity index (χ1v) is 7.23. The van der Waals surface area contributed by atoms with Crippen molar-refractivity contribution in [3.8, 4) is 0 Å². The van der Waals surface area contributed by atoms with E-state index in [9.17, 15) is 13.2 Å². The van der Waals surface area contributed by atoms with Gasteiger partial charge in [0.2, 0.25) is 0 Å². The number of hydrogen-bond donors (Lipinski definition) is 2. The van der Waals surface area contributed by atoms with Crippen LogP contribution in [0.25, 0.3) is 0 Å². The van der Waals surface area contributed by atoms with Crippen LogP contribution in [0.15, 0.2) is 9.42 Å². The van der Waals surface area contributed by atoms with Crippen molar-refractivity contribution in [1.29, 1.82) is 0 Å². The molecule has 1 aromatic heterocycles. The van der Waals surface area contributed by atoms with Crippen LogP contribution < -0.4 is 5.73 Å². The molecule has 0 aromatic carbocycles. The fourth-order valence-corrected chi connectivity index (χ4v) is 3.75. The number of hydrogen-bond acceptors (Lipinski definition) is 6. The van der Waals surface area contributed by atoms with Crippen LogP contribution in [0.2, 0.25) is 0 Å². The number of carboxylic acids is 1. The third-order valence-electron chi connectivity index (χ3n) is 2.90. The summed E-state index contributed by atoms with van der Waals surface area (Å²) in [7, 11) is -3.86. The van der Waals surface area contributed by atoms with Crippen molar-refractivity contribution in [1.82, 2.24) is 9.46 Å². The molecule has 0 spiro atoms. The summed E-state index contributed by atoms with van der Waals surface area (Å²) in [4.78, 5) is 10.5. The van der Waals surface area contributed by atoms with Crippen molar-refractivity contribution in [2.24, 2.45) is 0 Å². The maximum atomic E-state index is 12.5. The SMILES string of the molecule is Cc1onc(N)c1S(=O)(=O)N(CCC(=O)O)C1CC1. The fourth-order valence-electron chi connectivity index (χ4n) is 1.88. The molecule has 3 N–H and O–H groups in total. The van der Waals surface area contributed by atoms with Crippen molar-refractivity contribution >= 4 is 21.8 Å². The second-order valence-electron chi connectivity index (χ2n) is 4.44. The fraction of sp³-hybridized carbons (Fsp3) is 0.600. The molecule has 19 heavy (non-hydrogen) atoms. The van der Waals surface area contributed by atoms with Gasteiger partial charge in [-0.25, -0.2) is 8.42 Å². The molecule has 1 heterocycles. The van der Waals surface area contributed by atoms with Crippen LogP contribution >= 0.6 is 0 Å². The molecule has 0 saturated heterocycles. The summed E-state index contributed by atoms with van der Waals surface area (Å²) >= 11 is 0. The Morgan fingerprint density at radius 2 is 2.21 bits per heavy atom. The molecular formula is C10H15N3O5S. The molecule has 0 bridgehead atoms. The highest BCUT2D eigenvalue weighted by Gasteiger charge is 2.40. The Labute approximate surface area is 110 Å². The summed E-state index contributed by atoms with van der Waals surface area (Å²) in [5.74, 6) is -1.13. The summed E-state index contributed by atoms with van der Waals surface area (Å²) in [5.41, 5.74) is 5.51. The number of nitrogens with two attached hydrogens (primary N) is 1. The van der Waals surface area contributed by atoms with Crippen LogP contribution in [-0.2, 0) is 14.8 Å². The highest BCUT2D eigenvalue weighted by Crippen LogP contribution is 2.34. The molecule has 1 aliphatic carbocycles. The van der Waals surface area contributed by atoms with Crippen molar-refractivity contribution in [3.05, 3.63) is 5.76 Å². The van der Waals surface area contributed by atoms with Crippen LogP contribution in [0.3, 0.4) is 0 Å². The number of nitrogen functional groups attached to an aromatic ring is 1. The standard InChI is InChI=1S/C10H15N3O5S/c1-6-9(10(11)12-18-6)19(16,17)13(7-2-3-7)5-4-8(14)15/h7H,2-5H2,1H3,(H2,11,12)(H,14,15). The highest BCUT2D eigenvalue weighted by atomic mass is 32.2. The molecule has 1 fully saturated rings. The number of aliphatic carboxylic acids is 1. The Hall–Kier alpha value is -1.61. The van der Waals surface area contributed by atoms with Gasteiger partial charge in [0.1, 0.15) is 0 Å². The minimum atomic E-state index is -3.86. The Bertz CT molecular complexity index is 571. The van der Waals surface area contributed by atoms with Gasteiger partial charge in [-0.3, -0.25) is 4.79 Å². The van der Waals surface area contributed by atoms with Crippen LogP contribution in [0.5, 0.6) is 0 Å². The van der Waals surface area contributed by atoms with Crippen molar-refractivity contribution < 1.29 is 22.8 Å². The van der Waals surface area contributed by atoms with E-state index in [1.165, 1.54) is 11.2 Å². The first kappa shape index (κ1) is 13.8. The highest BCUT2D eigenvalue weighted by molar-refractivity contribution is 7.89. The van der Waals surface area contributed by atoms with Crippen molar-refractivity contribution in [2.75, 3.05) is 12.3 Å². The zero-order valence-electron chi connectivity index (χ0n) is 10.4. The number of sulfonamides is 1. The van der Waals surface area contributed by atoms with Crippen LogP contribution in [0.4, 0.5) is 5.82 Å². The lowest BCUT2D eigenvalue weighted by molar-refractivity contribution is -0.137. The van der Waals surface area contributed by atoms with E-state index in [1.807, 2.05) is 0 Å². The van der Waals surface area contributed by atoms with Gasteiger partial charge in [-0.15, -0.1) is 0 Å². The largest absolute Gasteiger partial charge is 0.481 e. The van der Waals surface area contributed by atoms with Gasteiger partial charge in [-0.1, -0.05) is 5.16 Å². The molecule has 2 rings (SSSR count).